The quantitative estimate of drug-likeness (QED) is 0.114. The number of fused-ring (bicyclic) bond motifs is 1. The third kappa shape index (κ3) is 5.43. The summed E-state index contributed by atoms with van der Waals surface area (Å²) in [6.45, 7) is 8.90. The Bertz CT molecular complexity index is 1860. The minimum Gasteiger partial charge on any atom is -0.507 e. The molecule has 0 radical (unpaired) electrons. The van der Waals surface area contributed by atoms with Crippen LogP contribution in [0.1, 0.15) is 31.0 Å². The topological polar surface area (TPSA) is 104 Å². The molecule has 1 fully saturated rings. The molecule has 4 heterocycles. The summed E-state index contributed by atoms with van der Waals surface area (Å²) in [6, 6.07) is 6.33. The molecule has 15 heteroatoms. The molecule has 1 N–H and O–H groups in total. The van der Waals surface area contributed by atoms with Crippen LogP contribution in [0.4, 0.5) is 14.6 Å². The Balaban J connectivity index is 1.87. The van der Waals surface area contributed by atoms with Gasteiger partial charge in [-0.2, -0.15) is 4.98 Å². The number of carbonyl (C=O) groups excluding carboxylic acids is 1. The molecule has 0 aliphatic carbocycles. The van der Waals surface area contributed by atoms with Crippen LogP contribution in [-0.4, -0.2) is 56.9 Å². The lowest BCUT2D eigenvalue weighted by atomic mass is 10.0. The molecule has 3 aromatic heterocycles. The van der Waals surface area contributed by atoms with Crippen molar-refractivity contribution >= 4 is 73.3 Å². The molecule has 5 rings (SSSR count). The Hall–Kier alpha value is -3.27. The number of halogens is 2. The second-order valence-electron chi connectivity index (χ2n) is 10.7. The summed E-state index contributed by atoms with van der Waals surface area (Å²) in [6.07, 6.45) is 2.69. The fourth-order valence-corrected chi connectivity index (χ4v) is 7.42. The number of nitrogens with zero attached hydrogens (tertiary/aromatic N) is 6. The first kappa shape index (κ1) is 32.1. The molecule has 1 amide bonds. The number of phenolic OH excluding ortho intramolecular Hbond substituents is 1. The summed E-state index contributed by atoms with van der Waals surface area (Å²) in [5.74, 6) is -3.12. The SMILES string of the molecule is C=CC(=O)N1C(S)(S)CN(c2nc(=O)n(-c3c(C)ccnc3C(C)C)c3nc(-c4c(O)cccc4F)c(F)cc23)CC1(S)S. The summed E-state index contributed by atoms with van der Waals surface area (Å²) < 4.78 is 29.1. The second-order valence-corrected chi connectivity index (χ2v) is 14.3. The molecular weight excluding hydrogens is 647 g/mol. The highest BCUT2D eigenvalue weighted by atomic mass is 32.2. The van der Waals surface area contributed by atoms with Crippen LogP contribution < -0.4 is 10.6 Å². The number of hydrogen-bond donors (Lipinski definition) is 5. The van der Waals surface area contributed by atoms with Crippen molar-refractivity contribution in [2.45, 2.75) is 35.1 Å². The average molecular weight is 675 g/mol. The number of amides is 1. The van der Waals surface area contributed by atoms with Gasteiger partial charge < -0.3 is 10.0 Å². The molecule has 0 saturated carbocycles. The maximum Gasteiger partial charge on any atom is 0.355 e. The Kier molecular flexibility index (Phi) is 8.46. The molecule has 44 heavy (non-hydrogen) atoms. The van der Waals surface area contributed by atoms with E-state index in [0.29, 0.717) is 16.9 Å². The zero-order valence-electron chi connectivity index (χ0n) is 23.7. The van der Waals surface area contributed by atoms with E-state index in [1.165, 1.54) is 21.6 Å². The van der Waals surface area contributed by atoms with Crippen molar-refractivity contribution in [3.8, 4) is 22.7 Å². The van der Waals surface area contributed by atoms with Crippen LogP contribution in [0.15, 0.2) is 54.0 Å². The number of rotatable bonds is 5. The van der Waals surface area contributed by atoms with Crippen molar-refractivity contribution in [3.05, 3.63) is 82.6 Å². The molecule has 0 unspecified atom stereocenters. The molecule has 0 bridgehead atoms. The van der Waals surface area contributed by atoms with Gasteiger partial charge in [0.15, 0.2) is 11.5 Å². The number of pyridine rings is 2. The van der Waals surface area contributed by atoms with E-state index in [-0.39, 0.29) is 35.9 Å². The maximum atomic E-state index is 15.9. The smallest absolute Gasteiger partial charge is 0.355 e. The van der Waals surface area contributed by atoms with Gasteiger partial charge in [0.25, 0.3) is 0 Å². The highest BCUT2D eigenvalue weighted by Gasteiger charge is 2.50. The van der Waals surface area contributed by atoms with E-state index in [1.54, 1.807) is 24.1 Å². The van der Waals surface area contributed by atoms with Crippen LogP contribution in [-0.2, 0) is 4.79 Å². The Labute approximate surface area is 273 Å². The zero-order chi connectivity index (χ0) is 32.3. The largest absolute Gasteiger partial charge is 0.507 e. The summed E-state index contributed by atoms with van der Waals surface area (Å²) >= 11 is 18.3. The van der Waals surface area contributed by atoms with Crippen molar-refractivity contribution in [1.29, 1.82) is 0 Å². The number of thiol groups is 4. The number of aromatic hydroxyl groups is 1. The minimum atomic E-state index is -1.49. The van der Waals surface area contributed by atoms with Crippen LogP contribution in [0.2, 0.25) is 0 Å². The summed E-state index contributed by atoms with van der Waals surface area (Å²) in [4.78, 5) is 42.8. The van der Waals surface area contributed by atoms with Gasteiger partial charge in [0.2, 0.25) is 5.91 Å². The highest BCUT2D eigenvalue weighted by Crippen LogP contribution is 2.45. The Morgan fingerprint density at radius 2 is 1.75 bits per heavy atom. The van der Waals surface area contributed by atoms with E-state index in [9.17, 15) is 19.1 Å². The molecule has 1 aromatic carbocycles. The molecule has 4 aromatic rings. The van der Waals surface area contributed by atoms with Crippen LogP contribution in [0.5, 0.6) is 5.75 Å². The van der Waals surface area contributed by atoms with Gasteiger partial charge in [-0.15, -0.1) is 50.5 Å². The van der Waals surface area contributed by atoms with Crippen LogP contribution in [0.3, 0.4) is 0 Å². The molecule has 1 aliphatic rings. The van der Waals surface area contributed by atoms with E-state index >= 15 is 4.39 Å². The van der Waals surface area contributed by atoms with Crippen molar-refractivity contribution in [2.75, 3.05) is 18.0 Å². The summed E-state index contributed by atoms with van der Waals surface area (Å²) in [5, 5.41) is 10.6. The first-order valence-electron chi connectivity index (χ1n) is 13.3. The third-order valence-electron chi connectivity index (χ3n) is 7.17. The molecule has 230 valence electrons. The monoisotopic (exact) mass is 674 g/mol. The molecular formula is C29H28F2N6O3S4. The number of carbonyl (C=O) groups is 1. The molecule has 1 aliphatic heterocycles. The second kappa shape index (κ2) is 11.6. The summed E-state index contributed by atoms with van der Waals surface area (Å²) in [7, 11) is 0. The summed E-state index contributed by atoms with van der Waals surface area (Å²) in [5.41, 5.74) is -0.244. The number of aryl methyl sites for hydroxylation is 1. The molecule has 9 nitrogen and oxygen atoms in total. The van der Waals surface area contributed by atoms with Crippen molar-refractivity contribution in [1.82, 2.24) is 24.4 Å². The predicted molar refractivity (Wildman–Crippen MR) is 179 cm³/mol. The minimum absolute atomic E-state index is 0.0183. The van der Waals surface area contributed by atoms with Gasteiger partial charge in [-0.1, -0.05) is 26.5 Å². The van der Waals surface area contributed by atoms with E-state index < -0.39 is 48.6 Å². The molecule has 1 saturated heterocycles. The number of benzene rings is 1. The normalized spacial score (nSPS) is 16.0. The van der Waals surface area contributed by atoms with Crippen molar-refractivity contribution in [3.63, 3.8) is 0 Å². The number of hydrogen-bond acceptors (Lipinski definition) is 11. The van der Waals surface area contributed by atoms with Crippen LogP contribution >= 0.6 is 50.5 Å². The molecule has 0 spiro atoms. The van der Waals surface area contributed by atoms with E-state index in [1.807, 2.05) is 13.8 Å². The Morgan fingerprint density at radius 1 is 1.09 bits per heavy atom. The lowest BCUT2D eigenvalue weighted by Gasteiger charge is -2.53. The number of phenols is 1. The van der Waals surface area contributed by atoms with E-state index in [4.69, 9.17) is 0 Å². The van der Waals surface area contributed by atoms with Gasteiger partial charge in [0.05, 0.1) is 35.4 Å². The van der Waals surface area contributed by atoms with Gasteiger partial charge in [-0.05, 0) is 48.7 Å². The van der Waals surface area contributed by atoms with Crippen molar-refractivity contribution in [2.24, 2.45) is 0 Å². The standard InChI is InChI=1S/C29H28F2N6O3S4/c1-5-20(39)37-28(41,42)12-35(13-29(37,43)44)25-16-11-18(31)23(21-17(30)7-6-8-19(21)38)33-26(16)36(27(40)34-25)24-15(4)9-10-32-22(24)14(2)3/h5-11,14,38,41-44H,1,12-13H2,2-4H3. The highest BCUT2D eigenvalue weighted by molar-refractivity contribution is 8.02. The third-order valence-corrected chi connectivity index (χ3v) is 8.54. The van der Waals surface area contributed by atoms with Gasteiger partial charge >= 0.3 is 5.69 Å². The van der Waals surface area contributed by atoms with Gasteiger partial charge in [-0.25, -0.2) is 23.1 Å². The lowest BCUT2D eigenvalue weighted by Crippen LogP contribution is -2.66. The fraction of sp³-hybridized carbons (Fsp3) is 0.276. The number of aromatic nitrogens is 4. The van der Waals surface area contributed by atoms with Gasteiger partial charge in [0.1, 0.15) is 31.5 Å². The number of piperazine rings is 1. The first-order valence-corrected chi connectivity index (χ1v) is 15.1. The Morgan fingerprint density at radius 3 is 2.34 bits per heavy atom. The van der Waals surface area contributed by atoms with Crippen molar-refractivity contribution < 1.29 is 18.7 Å². The number of anilines is 1. The maximum absolute atomic E-state index is 15.9. The average Bonchev–Trinajstić information content (AvgIpc) is 2.92. The van der Waals surface area contributed by atoms with E-state index in [0.717, 1.165) is 18.2 Å². The predicted octanol–water partition coefficient (Wildman–Crippen LogP) is 5.12. The fourth-order valence-electron chi connectivity index (χ4n) is 5.35. The van der Waals surface area contributed by atoms with Crippen LogP contribution in [0.25, 0.3) is 28.0 Å². The van der Waals surface area contributed by atoms with Gasteiger partial charge in [-0.3, -0.25) is 14.7 Å². The van der Waals surface area contributed by atoms with Gasteiger partial charge in [0, 0.05) is 6.20 Å². The van der Waals surface area contributed by atoms with E-state index in [2.05, 4.69) is 72.0 Å². The lowest BCUT2D eigenvalue weighted by molar-refractivity contribution is -0.129. The first-order chi connectivity index (χ1) is 20.6. The zero-order valence-corrected chi connectivity index (χ0v) is 27.3. The molecule has 0 atom stereocenters. The van der Waals surface area contributed by atoms with Crippen LogP contribution in [0, 0.1) is 18.6 Å².